The molecule has 5 nitrogen and oxygen atoms in total. The predicted octanol–water partition coefficient (Wildman–Crippen LogP) is 8.26. The van der Waals surface area contributed by atoms with Crippen molar-refractivity contribution in [3.05, 3.63) is 88.0 Å². The summed E-state index contributed by atoms with van der Waals surface area (Å²) in [5, 5.41) is 9.39. The SMILES string of the molecule is COC(=O)c1ccc(-c2cc(C(C)(C)C)cc3c2Oc2c(/C=C/C(=O)O)cc(C(C)(C)C)cc2C3(C)C)cc1. The van der Waals surface area contributed by atoms with Gasteiger partial charge in [0, 0.05) is 33.7 Å². The number of carboxylic acid groups (broad SMARTS) is 1. The van der Waals surface area contributed by atoms with E-state index in [0.29, 0.717) is 11.3 Å². The van der Waals surface area contributed by atoms with Crippen LogP contribution < -0.4 is 4.74 Å². The van der Waals surface area contributed by atoms with Crippen molar-refractivity contribution in [2.75, 3.05) is 7.11 Å². The second-order valence-electron chi connectivity index (χ2n) is 12.8. The van der Waals surface area contributed by atoms with Crippen molar-refractivity contribution in [3.63, 3.8) is 0 Å². The van der Waals surface area contributed by atoms with E-state index in [4.69, 9.17) is 9.47 Å². The van der Waals surface area contributed by atoms with Gasteiger partial charge in [-0.25, -0.2) is 9.59 Å². The fraction of sp³-hybridized carbons (Fsp3) is 0.353. The summed E-state index contributed by atoms with van der Waals surface area (Å²) < 4.78 is 11.6. The highest BCUT2D eigenvalue weighted by atomic mass is 16.5. The van der Waals surface area contributed by atoms with Crippen LogP contribution in [-0.4, -0.2) is 24.2 Å². The molecule has 1 heterocycles. The number of aliphatic carboxylic acids is 1. The highest BCUT2D eigenvalue weighted by Gasteiger charge is 2.39. The number of ether oxygens (including phenoxy) is 2. The predicted molar refractivity (Wildman–Crippen MR) is 156 cm³/mol. The Morgan fingerprint density at radius 1 is 0.846 bits per heavy atom. The lowest BCUT2D eigenvalue weighted by Gasteiger charge is -2.39. The van der Waals surface area contributed by atoms with Crippen molar-refractivity contribution >= 4 is 18.0 Å². The van der Waals surface area contributed by atoms with Gasteiger partial charge in [0.05, 0.1) is 12.7 Å². The van der Waals surface area contributed by atoms with Crippen molar-refractivity contribution in [1.29, 1.82) is 0 Å². The Hall–Kier alpha value is -3.86. The molecule has 0 unspecified atom stereocenters. The lowest BCUT2D eigenvalue weighted by Crippen LogP contribution is -2.27. The Morgan fingerprint density at radius 2 is 1.38 bits per heavy atom. The molecule has 3 aromatic carbocycles. The van der Waals surface area contributed by atoms with Crippen LogP contribution >= 0.6 is 0 Å². The maximum Gasteiger partial charge on any atom is 0.337 e. The van der Waals surface area contributed by atoms with Crippen molar-refractivity contribution in [3.8, 4) is 22.6 Å². The number of methoxy groups -OCH3 is 1. The van der Waals surface area contributed by atoms with Crippen LogP contribution in [-0.2, 0) is 25.8 Å². The number of rotatable bonds is 4. The molecule has 204 valence electrons. The highest BCUT2D eigenvalue weighted by Crippen LogP contribution is 2.54. The first-order chi connectivity index (χ1) is 18.0. The molecule has 3 aromatic rings. The smallest absolute Gasteiger partial charge is 0.337 e. The minimum Gasteiger partial charge on any atom is -0.478 e. The van der Waals surface area contributed by atoms with Gasteiger partial charge in [-0.05, 0) is 57.9 Å². The van der Waals surface area contributed by atoms with Crippen LogP contribution in [0.15, 0.2) is 54.6 Å². The molecule has 1 aliphatic heterocycles. The molecule has 0 aromatic heterocycles. The number of carbonyl (C=O) groups excluding carboxylic acids is 1. The van der Waals surface area contributed by atoms with Crippen LogP contribution in [0.25, 0.3) is 17.2 Å². The van der Waals surface area contributed by atoms with E-state index in [1.165, 1.54) is 12.7 Å². The van der Waals surface area contributed by atoms with Crippen molar-refractivity contribution in [2.45, 2.75) is 71.6 Å². The Balaban J connectivity index is 2.03. The summed E-state index contributed by atoms with van der Waals surface area (Å²) in [5.41, 5.74) is 6.71. The van der Waals surface area contributed by atoms with Gasteiger partial charge < -0.3 is 14.6 Å². The van der Waals surface area contributed by atoms with E-state index < -0.39 is 11.4 Å². The van der Waals surface area contributed by atoms with Crippen LogP contribution in [0.4, 0.5) is 0 Å². The van der Waals surface area contributed by atoms with Gasteiger partial charge in [0.25, 0.3) is 0 Å². The molecule has 0 aliphatic carbocycles. The number of esters is 1. The molecule has 0 atom stereocenters. The summed E-state index contributed by atoms with van der Waals surface area (Å²) in [6.07, 6.45) is 2.77. The van der Waals surface area contributed by atoms with Gasteiger partial charge in [0.2, 0.25) is 0 Å². The van der Waals surface area contributed by atoms with Crippen molar-refractivity contribution in [2.24, 2.45) is 0 Å². The normalized spacial score (nSPS) is 14.4. The fourth-order valence-corrected chi connectivity index (χ4v) is 4.95. The van der Waals surface area contributed by atoms with Crippen LogP contribution in [0.5, 0.6) is 11.5 Å². The molecular formula is C34H38O5. The van der Waals surface area contributed by atoms with Gasteiger partial charge in [-0.1, -0.05) is 79.7 Å². The average molecular weight is 527 g/mol. The van der Waals surface area contributed by atoms with Crippen LogP contribution in [0.3, 0.4) is 0 Å². The zero-order chi connectivity index (χ0) is 28.9. The van der Waals surface area contributed by atoms with Crippen LogP contribution in [0.2, 0.25) is 0 Å². The topological polar surface area (TPSA) is 72.8 Å². The standard InChI is InChI=1S/C34H38O5/c1-32(2,3)23-16-22(14-15-28(35)36)29-26(18-23)34(7,8)27-19-24(33(4,5)6)17-25(30(27)39-29)20-10-12-21(13-11-20)31(37)38-9/h10-19H,1-9H3,(H,35,36)/b15-14+. The molecule has 0 radical (unpaired) electrons. The third-order valence-corrected chi connectivity index (χ3v) is 7.51. The van der Waals surface area contributed by atoms with E-state index in [0.717, 1.165) is 45.2 Å². The van der Waals surface area contributed by atoms with Gasteiger partial charge in [0.1, 0.15) is 11.5 Å². The zero-order valence-electron chi connectivity index (χ0n) is 24.4. The Bertz CT molecular complexity index is 1480. The first-order valence-corrected chi connectivity index (χ1v) is 13.2. The van der Waals surface area contributed by atoms with Gasteiger partial charge in [-0.2, -0.15) is 0 Å². The third-order valence-electron chi connectivity index (χ3n) is 7.51. The number of hydrogen-bond donors (Lipinski definition) is 1. The summed E-state index contributed by atoms with van der Waals surface area (Å²) in [6, 6.07) is 16.0. The van der Waals surface area contributed by atoms with E-state index in [9.17, 15) is 14.7 Å². The van der Waals surface area contributed by atoms with Gasteiger partial charge in [0.15, 0.2) is 0 Å². The second-order valence-corrected chi connectivity index (χ2v) is 12.8. The summed E-state index contributed by atoms with van der Waals surface area (Å²) in [5.74, 6) is -0.00169. The lowest BCUT2D eigenvalue weighted by atomic mass is 9.70. The number of carbonyl (C=O) groups is 2. The minimum atomic E-state index is -1.01. The molecular weight excluding hydrogens is 488 g/mol. The molecule has 1 aliphatic rings. The van der Waals surface area contributed by atoms with E-state index in [1.54, 1.807) is 18.2 Å². The van der Waals surface area contributed by atoms with Crippen molar-refractivity contribution in [1.82, 2.24) is 0 Å². The van der Waals surface area contributed by atoms with E-state index in [2.05, 4.69) is 73.6 Å². The Labute approximate surface area is 231 Å². The highest BCUT2D eigenvalue weighted by molar-refractivity contribution is 5.90. The summed E-state index contributed by atoms with van der Waals surface area (Å²) in [4.78, 5) is 23.5. The molecule has 0 spiro atoms. The van der Waals surface area contributed by atoms with E-state index >= 15 is 0 Å². The second kappa shape index (κ2) is 9.71. The Morgan fingerprint density at radius 3 is 1.90 bits per heavy atom. The largest absolute Gasteiger partial charge is 0.478 e. The first-order valence-electron chi connectivity index (χ1n) is 13.2. The maximum absolute atomic E-state index is 12.1. The van der Waals surface area contributed by atoms with E-state index in [1.807, 2.05) is 18.2 Å². The lowest BCUT2D eigenvalue weighted by molar-refractivity contribution is -0.131. The molecule has 5 heteroatoms. The van der Waals surface area contributed by atoms with Crippen LogP contribution in [0, 0.1) is 0 Å². The van der Waals surface area contributed by atoms with Gasteiger partial charge in [-0.3, -0.25) is 0 Å². The fourth-order valence-electron chi connectivity index (χ4n) is 4.95. The number of fused-ring (bicyclic) bond motifs is 2. The third kappa shape index (κ3) is 5.36. The average Bonchev–Trinajstić information content (AvgIpc) is 2.85. The molecule has 0 bridgehead atoms. The molecule has 1 N–H and O–H groups in total. The first kappa shape index (κ1) is 28.2. The summed E-state index contributed by atoms with van der Waals surface area (Å²) in [7, 11) is 1.37. The monoisotopic (exact) mass is 526 g/mol. The number of hydrogen-bond acceptors (Lipinski definition) is 4. The molecule has 0 saturated heterocycles. The van der Waals surface area contributed by atoms with E-state index in [-0.39, 0.29) is 16.8 Å². The minimum absolute atomic E-state index is 0.116. The molecule has 0 amide bonds. The maximum atomic E-state index is 12.1. The van der Waals surface area contributed by atoms with Gasteiger partial charge in [-0.15, -0.1) is 0 Å². The summed E-state index contributed by atoms with van der Waals surface area (Å²) >= 11 is 0. The zero-order valence-corrected chi connectivity index (χ0v) is 24.4. The molecule has 0 fully saturated rings. The van der Waals surface area contributed by atoms with Crippen LogP contribution in [0.1, 0.15) is 93.6 Å². The van der Waals surface area contributed by atoms with Gasteiger partial charge >= 0.3 is 11.9 Å². The Kier molecular flexibility index (Phi) is 7.01. The molecule has 4 rings (SSSR count). The number of carboxylic acids is 1. The number of benzene rings is 3. The summed E-state index contributed by atoms with van der Waals surface area (Å²) in [6.45, 7) is 17.4. The molecule has 39 heavy (non-hydrogen) atoms. The molecule has 0 saturated carbocycles. The van der Waals surface area contributed by atoms with Crippen molar-refractivity contribution < 1.29 is 24.2 Å². The quantitative estimate of drug-likeness (QED) is 0.274.